The van der Waals surface area contributed by atoms with Gasteiger partial charge in [0, 0.05) is 10.7 Å². The minimum Gasteiger partial charge on any atom is -0.422 e. The van der Waals surface area contributed by atoms with Gasteiger partial charge in [-0.1, -0.05) is 35.9 Å². The summed E-state index contributed by atoms with van der Waals surface area (Å²) in [6, 6.07) is 18.2. The minimum atomic E-state index is -0.604. The zero-order chi connectivity index (χ0) is 18.5. The van der Waals surface area contributed by atoms with Crippen molar-refractivity contribution in [1.29, 1.82) is 0 Å². The lowest BCUT2D eigenvalue weighted by Gasteiger charge is -2.11. The maximum Gasteiger partial charge on any atom is 0.343 e. The van der Waals surface area contributed by atoms with Crippen LogP contribution in [-0.4, -0.2) is 11.9 Å². The van der Waals surface area contributed by atoms with Crippen molar-refractivity contribution < 1.29 is 18.7 Å². The molecule has 0 saturated heterocycles. The van der Waals surface area contributed by atoms with Gasteiger partial charge in [0.2, 0.25) is 0 Å². The van der Waals surface area contributed by atoms with E-state index in [4.69, 9.17) is 16.3 Å². The Hall–Kier alpha value is -3.18. The zero-order valence-corrected chi connectivity index (χ0v) is 14.2. The van der Waals surface area contributed by atoms with E-state index in [9.17, 15) is 14.0 Å². The smallest absolute Gasteiger partial charge is 0.343 e. The van der Waals surface area contributed by atoms with Crippen LogP contribution in [0.3, 0.4) is 0 Å². The SMILES string of the molecule is O=C(Oc1ccc(Cl)cc1C(=O)Nc1cccc(F)c1)c1ccccc1. The molecule has 0 atom stereocenters. The van der Waals surface area contributed by atoms with Crippen LogP contribution in [0.4, 0.5) is 10.1 Å². The lowest BCUT2D eigenvalue weighted by atomic mass is 10.1. The first-order valence-corrected chi connectivity index (χ1v) is 8.04. The van der Waals surface area contributed by atoms with Crippen molar-refractivity contribution in [1.82, 2.24) is 0 Å². The number of carbonyl (C=O) groups excluding carboxylic acids is 2. The molecule has 0 aliphatic rings. The predicted molar refractivity (Wildman–Crippen MR) is 97.2 cm³/mol. The van der Waals surface area contributed by atoms with Crippen LogP contribution in [-0.2, 0) is 0 Å². The molecule has 0 fully saturated rings. The molecule has 1 amide bonds. The van der Waals surface area contributed by atoms with Gasteiger partial charge in [0.25, 0.3) is 5.91 Å². The van der Waals surface area contributed by atoms with Crippen LogP contribution in [0.1, 0.15) is 20.7 Å². The molecule has 6 heteroatoms. The lowest BCUT2D eigenvalue weighted by molar-refractivity contribution is 0.0733. The molecule has 130 valence electrons. The highest BCUT2D eigenvalue weighted by Gasteiger charge is 2.17. The molecule has 4 nitrogen and oxygen atoms in total. The number of hydrogen-bond donors (Lipinski definition) is 1. The molecule has 3 rings (SSSR count). The third-order valence-corrected chi connectivity index (χ3v) is 3.72. The van der Waals surface area contributed by atoms with Gasteiger partial charge in [-0.25, -0.2) is 9.18 Å². The highest BCUT2D eigenvalue weighted by atomic mass is 35.5. The zero-order valence-electron chi connectivity index (χ0n) is 13.4. The highest BCUT2D eigenvalue weighted by Crippen LogP contribution is 2.25. The Balaban J connectivity index is 1.86. The maximum atomic E-state index is 13.3. The Morgan fingerprint density at radius 2 is 1.69 bits per heavy atom. The van der Waals surface area contributed by atoms with Gasteiger partial charge in [0.05, 0.1) is 11.1 Å². The summed E-state index contributed by atoms with van der Waals surface area (Å²) in [5.74, 6) is -1.61. The van der Waals surface area contributed by atoms with Crippen molar-refractivity contribution in [2.75, 3.05) is 5.32 Å². The Labute approximate surface area is 154 Å². The second-order valence-electron chi connectivity index (χ2n) is 5.36. The molecule has 26 heavy (non-hydrogen) atoms. The van der Waals surface area contributed by atoms with Crippen LogP contribution in [0.25, 0.3) is 0 Å². The molecule has 0 aromatic heterocycles. The normalized spacial score (nSPS) is 10.2. The van der Waals surface area contributed by atoms with E-state index < -0.39 is 17.7 Å². The number of amides is 1. The quantitative estimate of drug-likeness (QED) is 0.523. The number of rotatable bonds is 4. The Kier molecular flexibility index (Phi) is 5.29. The van der Waals surface area contributed by atoms with Crippen LogP contribution in [0, 0.1) is 5.82 Å². The molecular weight excluding hydrogens is 357 g/mol. The van der Waals surface area contributed by atoms with Crippen molar-refractivity contribution in [2.24, 2.45) is 0 Å². The first-order valence-electron chi connectivity index (χ1n) is 7.66. The summed E-state index contributed by atoms with van der Waals surface area (Å²) in [5.41, 5.74) is 0.681. The fourth-order valence-corrected chi connectivity index (χ4v) is 2.44. The molecule has 0 radical (unpaired) electrons. The lowest BCUT2D eigenvalue weighted by Crippen LogP contribution is -2.16. The number of carbonyl (C=O) groups is 2. The minimum absolute atomic E-state index is 0.0529. The summed E-state index contributed by atoms with van der Waals surface area (Å²) in [4.78, 5) is 24.8. The predicted octanol–water partition coefficient (Wildman–Crippen LogP) is 4.95. The van der Waals surface area contributed by atoms with Crippen molar-refractivity contribution in [3.05, 3.63) is 94.8 Å². The molecular formula is C20H13ClFNO3. The number of anilines is 1. The molecule has 3 aromatic rings. The standard InChI is InChI=1S/C20H13ClFNO3/c21-14-9-10-18(26-20(25)13-5-2-1-3-6-13)17(11-14)19(24)23-16-8-4-7-15(22)12-16/h1-12H,(H,23,24). The molecule has 0 saturated carbocycles. The van der Waals surface area contributed by atoms with Gasteiger partial charge in [-0.05, 0) is 48.5 Å². The van der Waals surface area contributed by atoms with Gasteiger partial charge in [-0.15, -0.1) is 0 Å². The Bertz CT molecular complexity index is 960. The molecule has 0 heterocycles. The molecule has 1 N–H and O–H groups in total. The summed E-state index contributed by atoms with van der Waals surface area (Å²) in [5, 5.41) is 2.85. The molecule has 0 aliphatic heterocycles. The fraction of sp³-hybridized carbons (Fsp3) is 0. The summed E-state index contributed by atoms with van der Waals surface area (Å²) in [6.07, 6.45) is 0. The van der Waals surface area contributed by atoms with E-state index in [0.717, 1.165) is 0 Å². The van der Waals surface area contributed by atoms with Gasteiger partial charge in [0.15, 0.2) is 0 Å². The van der Waals surface area contributed by atoms with E-state index in [1.54, 1.807) is 36.4 Å². The van der Waals surface area contributed by atoms with Crippen LogP contribution in [0.15, 0.2) is 72.8 Å². The second kappa shape index (κ2) is 7.80. The topological polar surface area (TPSA) is 55.4 Å². The summed E-state index contributed by atoms with van der Waals surface area (Å²) in [6.45, 7) is 0. The van der Waals surface area contributed by atoms with Gasteiger partial charge in [0.1, 0.15) is 11.6 Å². The number of benzene rings is 3. The van der Waals surface area contributed by atoms with E-state index in [0.29, 0.717) is 10.6 Å². The van der Waals surface area contributed by atoms with Gasteiger partial charge in [-0.2, -0.15) is 0 Å². The molecule has 3 aromatic carbocycles. The van der Waals surface area contributed by atoms with Crippen LogP contribution < -0.4 is 10.1 Å². The summed E-state index contributed by atoms with van der Waals surface area (Å²) >= 11 is 5.96. The Morgan fingerprint density at radius 3 is 2.42 bits per heavy atom. The van der Waals surface area contributed by atoms with Gasteiger partial charge in [-0.3, -0.25) is 4.79 Å². The fourth-order valence-electron chi connectivity index (χ4n) is 2.27. The first-order chi connectivity index (χ1) is 12.5. The van der Waals surface area contributed by atoms with Gasteiger partial charge >= 0.3 is 5.97 Å². The second-order valence-corrected chi connectivity index (χ2v) is 5.80. The highest BCUT2D eigenvalue weighted by molar-refractivity contribution is 6.31. The molecule has 0 unspecified atom stereocenters. The molecule has 0 spiro atoms. The van der Waals surface area contributed by atoms with E-state index in [-0.39, 0.29) is 17.0 Å². The number of hydrogen-bond acceptors (Lipinski definition) is 3. The van der Waals surface area contributed by atoms with Crippen molar-refractivity contribution in [3.8, 4) is 5.75 Å². The van der Waals surface area contributed by atoms with Crippen LogP contribution in [0.5, 0.6) is 5.75 Å². The van der Waals surface area contributed by atoms with Crippen molar-refractivity contribution in [3.63, 3.8) is 0 Å². The number of ether oxygens (including phenoxy) is 1. The third kappa shape index (κ3) is 4.26. The number of esters is 1. The monoisotopic (exact) mass is 369 g/mol. The van der Waals surface area contributed by atoms with Gasteiger partial charge < -0.3 is 10.1 Å². The van der Waals surface area contributed by atoms with E-state index in [1.807, 2.05) is 0 Å². The summed E-state index contributed by atoms with van der Waals surface area (Å²) < 4.78 is 18.6. The number of nitrogens with one attached hydrogen (secondary N) is 1. The van der Waals surface area contributed by atoms with Crippen LogP contribution in [0.2, 0.25) is 5.02 Å². The molecule has 0 aliphatic carbocycles. The van der Waals surface area contributed by atoms with E-state index in [2.05, 4.69) is 5.32 Å². The van der Waals surface area contributed by atoms with E-state index >= 15 is 0 Å². The average Bonchev–Trinajstić information content (AvgIpc) is 2.64. The van der Waals surface area contributed by atoms with Crippen LogP contribution >= 0.6 is 11.6 Å². The third-order valence-electron chi connectivity index (χ3n) is 3.48. The maximum absolute atomic E-state index is 13.3. The summed E-state index contributed by atoms with van der Waals surface area (Å²) in [7, 11) is 0. The Morgan fingerprint density at radius 1 is 0.923 bits per heavy atom. The number of halogens is 2. The van der Waals surface area contributed by atoms with E-state index in [1.165, 1.54) is 36.4 Å². The van der Waals surface area contributed by atoms with Crippen molar-refractivity contribution in [2.45, 2.75) is 0 Å². The average molecular weight is 370 g/mol. The first kappa shape index (κ1) is 17.6. The largest absolute Gasteiger partial charge is 0.422 e. The molecule has 0 bridgehead atoms. The van der Waals surface area contributed by atoms with Crippen molar-refractivity contribution >= 4 is 29.2 Å².